The molecule has 0 radical (unpaired) electrons. The van der Waals surface area contributed by atoms with Crippen LogP contribution in [0.2, 0.25) is 0 Å². The molecular weight excluding hydrogens is 500 g/mol. The van der Waals surface area contributed by atoms with Crippen molar-refractivity contribution in [1.82, 2.24) is 14.4 Å². The molecule has 3 heterocycles. The van der Waals surface area contributed by atoms with Crippen LogP contribution in [0.25, 0.3) is 21.2 Å². The first-order valence-electron chi connectivity index (χ1n) is 12.5. The van der Waals surface area contributed by atoms with Crippen LogP contribution in [0.3, 0.4) is 0 Å². The molecule has 0 unspecified atom stereocenters. The number of benzene rings is 1. The van der Waals surface area contributed by atoms with Crippen molar-refractivity contribution in [2.75, 3.05) is 40.4 Å². The van der Waals surface area contributed by atoms with Crippen molar-refractivity contribution >= 4 is 27.3 Å². The molecule has 1 fully saturated rings. The number of nitriles is 1. The molecule has 0 aliphatic carbocycles. The van der Waals surface area contributed by atoms with Crippen LogP contribution in [0.5, 0.6) is 11.5 Å². The van der Waals surface area contributed by atoms with E-state index in [1.54, 1.807) is 48.1 Å². The summed E-state index contributed by atoms with van der Waals surface area (Å²) in [5, 5.41) is 12.1. The average Bonchev–Trinajstić information content (AvgIpc) is 3.39. The highest BCUT2D eigenvalue weighted by Gasteiger charge is 2.26. The average molecular weight is 535 g/mol. The second-order valence-corrected chi connectivity index (χ2v) is 11.5. The number of fused-ring (bicyclic) bond motifs is 1. The van der Waals surface area contributed by atoms with Crippen molar-refractivity contribution in [2.24, 2.45) is 12.5 Å². The quantitative estimate of drug-likeness (QED) is 0.344. The lowest BCUT2D eigenvalue weighted by molar-refractivity contribution is -0.128. The molecule has 0 bridgehead atoms. The highest BCUT2D eigenvalue weighted by molar-refractivity contribution is 7.17. The lowest BCUT2D eigenvalue weighted by Crippen LogP contribution is -2.48. The topological polar surface area (TPSA) is 87.8 Å². The van der Waals surface area contributed by atoms with E-state index in [0.29, 0.717) is 49.6 Å². The summed E-state index contributed by atoms with van der Waals surface area (Å²) in [6, 6.07) is 7.92. The summed E-state index contributed by atoms with van der Waals surface area (Å²) in [5.74, 6) is 1.20. The smallest absolute Gasteiger partial charge is 0.264 e. The minimum Gasteiger partial charge on any atom is -0.496 e. The van der Waals surface area contributed by atoms with Gasteiger partial charge in [0.2, 0.25) is 0 Å². The summed E-state index contributed by atoms with van der Waals surface area (Å²) in [6.45, 7) is 8.95. The zero-order valence-electron chi connectivity index (χ0n) is 22.8. The first-order valence-corrected chi connectivity index (χ1v) is 13.4. The maximum absolute atomic E-state index is 12.9. The molecule has 1 amide bonds. The predicted molar refractivity (Wildman–Crippen MR) is 151 cm³/mol. The Bertz CT molecular complexity index is 1460. The molecule has 3 aromatic rings. The summed E-state index contributed by atoms with van der Waals surface area (Å²) in [5.41, 5.74) is 2.72. The highest BCUT2D eigenvalue weighted by atomic mass is 32.1. The largest absolute Gasteiger partial charge is 0.496 e. The van der Waals surface area contributed by atoms with E-state index in [1.165, 1.54) is 0 Å². The van der Waals surface area contributed by atoms with Crippen molar-refractivity contribution in [3.63, 3.8) is 0 Å². The standard InChI is InChI=1S/C29H34N4O4S/c1-29(2,3)15-20(16-30)27(34)33-10-8-32(9-11-33)18-23-24(36-5)13-19(14-25(23)37-6)22-17-31(4)28(35)21-7-12-38-26(21)22/h7,12-15,17H,8-11,18H2,1-6H3/b20-15+. The molecule has 0 N–H and O–H groups in total. The number of allylic oxidation sites excluding steroid dienone is 1. The molecule has 1 aliphatic heterocycles. The van der Waals surface area contributed by atoms with Gasteiger partial charge in [0, 0.05) is 56.2 Å². The van der Waals surface area contributed by atoms with Crippen LogP contribution in [0.4, 0.5) is 0 Å². The molecule has 0 atom stereocenters. The van der Waals surface area contributed by atoms with E-state index in [2.05, 4.69) is 11.0 Å². The predicted octanol–water partition coefficient (Wildman–Crippen LogP) is 4.42. The number of amides is 1. The van der Waals surface area contributed by atoms with Gasteiger partial charge in [0.15, 0.2) is 0 Å². The van der Waals surface area contributed by atoms with Crippen molar-refractivity contribution in [3.8, 4) is 28.7 Å². The molecule has 8 nitrogen and oxygen atoms in total. The highest BCUT2D eigenvalue weighted by Crippen LogP contribution is 2.39. The van der Waals surface area contributed by atoms with Gasteiger partial charge >= 0.3 is 0 Å². The monoisotopic (exact) mass is 534 g/mol. The fourth-order valence-electron chi connectivity index (χ4n) is 4.77. The molecule has 200 valence electrons. The van der Waals surface area contributed by atoms with E-state index < -0.39 is 0 Å². The van der Waals surface area contributed by atoms with Crippen LogP contribution in [0.15, 0.2) is 46.2 Å². The molecule has 2 aromatic heterocycles. The zero-order valence-corrected chi connectivity index (χ0v) is 23.6. The first-order chi connectivity index (χ1) is 18.1. The number of hydrogen-bond donors (Lipinski definition) is 0. The van der Waals surface area contributed by atoms with E-state index >= 15 is 0 Å². The summed E-state index contributed by atoms with van der Waals surface area (Å²) < 4.78 is 14.2. The Kier molecular flexibility index (Phi) is 7.95. The Hall–Kier alpha value is -3.61. The second kappa shape index (κ2) is 11.0. The number of hydrogen-bond acceptors (Lipinski definition) is 7. The van der Waals surface area contributed by atoms with Crippen molar-refractivity contribution in [3.05, 3.63) is 57.3 Å². The molecule has 0 spiro atoms. The summed E-state index contributed by atoms with van der Waals surface area (Å²) >= 11 is 1.54. The van der Waals surface area contributed by atoms with Crippen molar-refractivity contribution < 1.29 is 14.3 Å². The fourth-order valence-corrected chi connectivity index (χ4v) is 5.69. The molecule has 1 saturated heterocycles. The normalized spacial score (nSPS) is 15.0. The molecule has 9 heteroatoms. The van der Waals surface area contributed by atoms with E-state index in [-0.39, 0.29) is 22.5 Å². The van der Waals surface area contributed by atoms with Crippen LogP contribution < -0.4 is 15.0 Å². The van der Waals surface area contributed by atoms with Gasteiger partial charge in [-0.15, -0.1) is 11.3 Å². The Morgan fingerprint density at radius 3 is 2.32 bits per heavy atom. The number of aryl methyl sites for hydroxylation is 1. The SMILES string of the molecule is COc1cc(-c2cn(C)c(=O)c3ccsc23)cc(OC)c1CN1CCN(C(=O)/C(C#N)=C/C(C)(C)C)CC1. The number of methoxy groups -OCH3 is 2. The maximum Gasteiger partial charge on any atom is 0.264 e. The Morgan fingerprint density at radius 1 is 1.13 bits per heavy atom. The number of piperazine rings is 1. The minimum absolute atomic E-state index is 0.0195. The van der Waals surface area contributed by atoms with Gasteiger partial charge in [0.05, 0.1) is 25.2 Å². The third-order valence-electron chi connectivity index (χ3n) is 6.67. The number of carbonyl (C=O) groups excluding carboxylic acids is 1. The van der Waals surface area contributed by atoms with Crippen LogP contribution in [-0.4, -0.2) is 60.7 Å². The molecule has 38 heavy (non-hydrogen) atoms. The van der Waals surface area contributed by atoms with E-state index in [0.717, 1.165) is 21.4 Å². The maximum atomic E-state index is 12.9. The third kappa shape index (κ3) is 5.62. The third-order valence-corrected chi connectivity index (χ3v) is 7.62. The molecule has 1 aromatic carbocycles. The van der Waals surface area contributed by atoms with Gasteiger partial charge in [0.1, 0.15) is 23.1 Å². The van der Waals surface area contributed by atoms with Crippen molar-refractivity contribution in [1.29, 1.82) is 5.26 Å². The Morgan fingerprint density at radius 2 is 1.76 bits per heavy atom. The Balaban J connectivity index is 1.57. The van der Waals surface area contributed by atoms with Gasteiger partial charge in [-0.3, -0.25) is 14.5 Å². The minimum atomic E-state index is -0.245. The van der Waals surface area contributed by atoms with Crippen LogP contribution in [0, 0.1) is 16.7 Å². The number of ether oxygens (including phenoxy) is 2. The number of pyridine rings is 1. The Labute approximate surface area is 227 Å². The second-order valence-electron chi connectivity index (χ2n) is 10.6. The number of nitrogens with zero attached hydrogens (tertiary/aromatic N) is 4. The van der Waals surface area contributed by atoms with Gasteiger partial charge in [0.25, 0.3) is 11.5 Å². The number of thiophene rings is 1. The van der Waals surface area contributed by atoms with Crippen molar-refractivity contribution in [2.45, 2.75) is 27.3 Å². The van der Waals surface area contributed by atoms with Crippen LogP contribution in [-0.2, 0) is 18.4 Å². The summed E-state index contributed by atoms with van der Waals surface area (Å²) in [4.78, 5) is 29.5. The van der Waals surface area contributed by atoms with Gasteiger partial charge in [-0.1, -0.05) is 26.8 Å². The molecular formula is C29H34N4O4S. The van der Waals surface area contributed by atoms with Gasteiger partial charge in [-0.2, -0.15) is 5.26 Å². The summed E-state index contributed by atoms with van der Waals surface area (Å²) in [7, 11) is 5.05. The van der Waals surface area contributed by atoms with Crippen LogP contribution in [0.1, 0.15) is 26.3 Å². The number of carbonyl (C=O) groups is 1. The fraction of sp³-hybridized carbons (Fsp3) is 0.414. The lowest BCUT2D eigenvalue weighted by Gasteiger charge is -2.35. The lowest BCUT2D eigenvalue weighted by atomic mass is 9.93. The number of rotatable bonds is 6. The molecule has 4 rings (SSSR count). The van der Waals surface area contributed by atoms with E-state index in [4.69, 9.17) is 9.47 Å². The van der Waals surface area contributed by atoms with Gasteiger partial charge in [-0.05, 0) is 34.6 Å². The molecule has 0 saturated carbocycles. The van der Waals surface area contributed by atoms with E-state index in [9.17, 15) is 14.9 Å². The molecule has 1 aliphatic rings. The van der Waals surface area contributed by atoms with E-state index in [1.807, 2.05) is 50.5 Å². The van der Waals surface area contributed by atoms with Gasteiger partial charge < -0.3 is 18.9 Å². The number of aromatic nitrogens is 1. The summed E-state index contributed by atoms with van der Waals surface area (Å²) in [6.07, 6.45) is 3.60. The van der Waals surface area contributed by atoms with Gasteiger partial charge in [-0.25, -0.2) is 0 Å². The first kappa shape index (κ1) is 27.4. The van der Waals surface area contributed by atoms with Crippen LogP contribution >= 0.6 is 11.3 Å². The zero-order chi connectivity index (χ0) is 27.6.